The van der Waals surface area contributed by atoms with E-state index in [0.29, 0.717) is 0 Å². The summed E-state index contributed by atoms with van der Waals surface area (Å²) in [6, 6.07) is 14.3. The van der Waals surface area contributed by atoms with Gasteiger partial charge in [-0.25, -0.2) is 0 Å². The van der Waals surface area contributed by atoms with E-state index in [1.54, 1.807) is 0 Å². The summed E-state index contributed by atoms with van der Waals surface area (Å²) < 4.78 is 0. The number of benzene rings is 2. The van der Waals surface area contributed by atoms with Gasteiger partial charge in [0, 0.05) is 35.6 Å². The van der Waals surface area contributed by atoms with Crippen molar-refractivity contribution in [3.63, 3.8) is 0 Å². The molecule has 2 aliphatic rings. The molecule has 3 heteroatoms. The van der Waals surface area contributed by atoms with Gasteiger partial charge in [0.25, 0.3) is 5.91 Å². The van der Waals surface area contributed by atoms with Crippen LogP contribution in [0.25, 0.3) is 11.6 Å². The molecule has 2 aromatic carbocycles. The van der Waals surface area contributed by atoms with Crippen molar-refractivity contribution in [2.24, 2.45) is 0 Å². The van der Waals surface area contributed by atoms with E-state index in [1.165, 1.54) is 24.1 Å². The highest BCUT2D eigenvalue weighted by molar-refractivity contribution is 6.34. The van der Waals surface area contributed by atoms with Crippen molar-refractivity contribution in [1.82, 2.24) is 0 Å². The number of hydrogen-bond acceptors (Lipinski definition) is 2. The Hall–Kier alpha value is -2.55. The van der Waals surface area contributed by atoms with Gasteiger partial charge in [0.2, 0.25) is 0 Å². The zero-order valence-electron chi connectivity index (χ0n) is 13.3. The zero-order chi connectivity index (χ0) is 15.8. The fourth-order valence-electron chi connectivity index (χ4n) is 3.53. The number of fused-ring (bicyclic) bond motifs is 1. The Morgan fingerprint density at radius 3 is 2.65 bits per heavy atom. The molecular weight excluding hydrogens is 284 g/mol. The molecule has 0 bridgehead atoms. The van der Waals surface area contributed by atoms with Crippen molar-refractivity contribution in [2.45, 2.75) is 19.8 Å². The Morgan fingerprint density at radius 2 is 1.87 bits per heavy atom. The normalized spacial score (nSPS) is 18.4. The molecule has 0 aromatic heterocycles. The molecule has 1 amide bonds. The molecule has 0 atom stereocenters. The smallest absolute Gasteiger partial charge is 0.256 e. The Bertz CT molecular complexity index is 801. The van der Waals surface area contributed by atoms with E-state index in [0.717, 1.165) is 35.5 Å². The molecule has 4 rings (SSSR count). The minimum Gasteiger partial charge on any atom is -0.371 e. The molecule has 116 valence electrons. The molecule has 1 N–H and O–H groups in total. The summed E-state index contributed by atoms with van der Waals surface area (Å²) in [5.74, 6) is -0.0209. The number of anilines is 2. The van der Waals surface area contributed by atoms with E-state index < -0.39 is 0 Å². The largest absolute Gasteiger partial charge is 0.371 e. The minimum absolute atomic E-state index is 0.0209. The average Bonchev–Trinajstić information content (AvgIpc) is 3.17. The summed E-state index contributed by atoms with van der Waals surface area (Å²) in [5, 5.41) is 2.92. The molecule has 0 spiro atoms. The molecule has 0 radical (unpaired) electrons. The van der Waals surface area contributed by atoms with Gasteiger partial charge in [0.05, 0.1) is 0 Å². The maximum Gasteiger partial charge on any atom is 0.256 e. The Kier molecular flexibility index (Phi) is 3.41. The van der Waals surface area contributed by atoms with Crippen molar-refractivity contribution in [1.29, 1.82) is 0 Å². The van der Waals surface area contributed by atoms with E-state index in [9.17, 15) is 4.79 Å². The van der Waals surface area contributed by atoms with Crippen molar-refractivity contribution in [3.05, 3.63) is 59.2 Å². The van der Waals surface area contributed by atoms with Crippen LogP contribution in [0.3, 0.4) is 0 Å². The second-order valence-electron chi connectivity index (χ2n) is 6.30. The molecule has 2 aliphatic heterocycles. The standard InChI is InChI=1S/C20H20N2O/c1-14-12-15(8-9-19(14)22-10-4-5-11-22)13-17-16-6-2-3-7-18(16)21-20(17)23/h2-3,6-9,12-13H,4-5,10-11H2,1H3,(H,21,23)/b17-13-. The number of nitrogens with zero attached hydrogens (tertiary/aromatic N) is 1. The quantitative estimate of drug-likeness (QED) is 0.848. The molecule has 2 heterocycles. The Labute approximate surface area is 136 Å². The van der Waals surface area contributed by atoms with E-state index in [4.69, 9.17) is 0 Å². The summed E-state index contributed by atoms with van der Waals surface area (Å²) in [7, 11) is 0. The molecule has 3 nitrogen and oxygen atoms in total. The molecule has 0 saturated carbocycles. The lowest BCUT2D eigenvalue weighted by atomic mass is 10.0. The second kappa shape index (κ2) is 5.58. The number of amides is 1. The summed E-state index contributed by atoms with van der Waals surface area (Å²) in [6.07, 6.45) is 4.55. The molecule has 1 fully saturated rings. The Morgan fingerprint density at radius 1 is 1.09 bits per heavy atom. The number of aryl methyl sites for hydroxylation is 1. The number of para-hydroxylation sites is 1. The molecule has 1 saturated heterocycles. The lowest BCUT2D eigenvalue weighted by molar-refractivity contribution is -0.110. The highest BCUT2D eigenvalue weighted by Gasteiger charge is 2.23. The van der Waals surface area contributed by atoms with Gasteiger partial charge in [-0.2, -0.15) is 0 Å². The molecule has 2 aromatic rings. The fraction of sp³-hybridized carbons (Fsp3) is 0.250. The summed E-state index contributed by atoms with van der Waals surface area (Å²) in [4.78, 5) is 14.7. The van der Waals surface area contributed by atoms with Gasteiger partial charge in [-0.3, -0.25) is 4.79 Å². The van der Waals surface area contributed by atoms with Crippen molar-refractivity contribution < 1.29 is 4.79 Å². The van der Waals surface area contributed by atoms with Crippen LogP contribution in [0.5, 0.6) is 0 Å². The van der Waals surface area contributed by atoms with Crippen molar-refractivity contribution in [2.75, 3.05) is 23.3 Å². The molecule has 0 aliphatic carbocycles. The van der Waals surface area contributed by atoms with Crippen LogP contribution in [0.4, 0.5) is 11.4 Å². The topological polar surface area (TPSA) is 32.3 Å². The first kappa shape index (κ1) is 14.1. The van der Waals surface area contributed by atoms with Crippen LogP contribution in [0.1, 0.15) is 29.5 Å². The highest BCUT2D eigenvalue weighted by Crippen LogP contribution is 2.33. The van der Waals surface area contributed by atoms with Gasteiger partial charge in [-0.1, -0.05) is 24.3 Å². The SMILES string of the molecule is Cc1cc(/C=C2\C(=O)Nc3ccccc32)ccc1N1CCCC1. The van der Waals surface area contributed by atoms with E-state index >= 15 is 0 Å². The van der Waals surface area contributed by atoms with Gasteiger partial charge in [-0.15, -0.1) is 0 Å². The van der Waals surface area contributed by atoms with E-state index in [1.807, 2.05) is 30.3 Å². The highest BCUT2D eigenvalue weighted by atomic mass is 16.2. The van der Waals surface area contributed by atoms with Crippen LogP contribution >= 0.6 is 0 Å². The first-order valence-electron chi connectivity index (χ1n) is 8.20. The molecular formula is C20H20N2O. The van der Waals surface area contributed by atoms with Gasteiger partial charge in [0.1, 0.15) is 0 Å². The van der Waals surface area contributed by atoms with Crippen LogP contribution in [0.2, 0.25) is 0 Å². The maximum atomic E-state index is 12.2. The predicted molar refractivity (Wildman–Crippen MR) is 95.6 cm³/mol. The number of nitrogens with one attached hydrogen (secondary N) is 1. The predicted octanol–water partition coefficient (Wildman–Crippen LogP) is 4.09. The fourth-order valence-corrected chi connectivity index (χ4v) is 3.53. The third-order valence-electron chi connectivity index (χ3n) is 4.69. The van der Waals surface area contributed by atoms with Gasteiger partial charge in [-0.05, 0) is 55.2 Å². The second-order valence-corrected chi connectivity index (χ2v) is 6.30. The summed E-state index contributed by atoms with van der Waals surface area (Å²) in [5.41, 5.74) is 6.29. The summed E-state index contributed by atoms with van der Waals surface area (Å²) >= 11 is 0. The lowest BCUT2D eigenvalue weighted by Crippen LogP contribution is -2.18. The first-order chi connectivity index (χ1) is 11.2. The van der Waals surface area contributed by atoms with Crippen LogP contribution in [-0.2, 0) is 4.79 Å². The number of hydrogen-bond donors (Lipinski definition) is 1. The number of carbonyl (C=O) groups excluding carboxylic acids is 1. The van der Waals surface area contributed by atoms with Gasteiger partial charge >= 0.3 is 0 Å². The van der Waals surface area contributed by atoms with Crippen LogP contribution < -0.4 is 10.2 Å². The zero-order valence-corrected chi connectivity index (χ0v) is 13.3. The molecule has 0 unspecified atom stereocenters. The van der Waals surface area contributed by atoms with Crippen LogP contribution in [-0.4, -0.2) is 19.0 Å². The maximum absolute atomic E-state index is 12.2. The van der Waals surface area contributed by atoms with Gasteiger partial charge < -0.3 is 10.2 Å². The third-order valence-corrected chi connectivity index (χ3v) is 4.69. The van der Waals surface area contributed by atoms with Crippen LogP contribution in [0, 0.1) is 6.92 Å². The molecule has 23 heavy (non-hydrogen) atoms. The monoisotopic (exact) mass is 304 g/mol. The van der Waals surface area contributed by atoms with E-state index in [2.05, 4.69) is 35.3 Å². The van der Waals surface area contributed by atoms with Crippen molar-refractivity contribution in [3.8, 4) is 0 Å². The third kappa shape index (κ3) is 2.52. The minimum atomic E-state index is -0.0209. The first-order valence-corrected chi connectivity index (χ1v) is 8.20. The van der Waals surface area contributed by atoms with Crippen molar-refractivity contribution >= 4 is 28.9 Å². The van der Waals surface area contributed by atoms with E-state index in [-0.39, 0.29) is 5.91 Å². The summed E-state index contributed by atoms with van der Waals surface area (Å²) in [6.45, 7) is 4.45. The number of rotatable bonds is 2. The average molecular weight is 304 g/mol. The van der Waals surface area contributed by atoms with Gasteiger partial charge in [0.15, 0.2) is 0 Å². The van der Waals surface area contributed by atoms with Crippen LogP contribution in [0.15, 0.2) is 42.5 Å². The lowest BCUT2D eigenvalue weighted by Gasteiger charge is -2.20. The Balaban J connectivity index is 1.69. The number of carbonyl (C=O) groups is 1.